The molecule has 0 bridgehead atoms. The third-order valence-electron chi connectivity index (χ3n) is 6.54. The molecule has 186 valence electrons. The number of alkyl halides is 3. The maximum absolute atomic E-state index is 14.2. The van der Waals surface area contributed by atoms with Crippen LogP contribution in [0.25, 0.3) is 44.0 Å². The first kappa shape index (κ1) is 23.2. The minimum atomic E-state index is -5.22. The number of aromatic nitrogens is 3. The van der Waals surface area contributed by atoms with Crippen molar-refractivity contribution in [3.8, 4) is 17.2 Å². The Morgan fingerprint density at radius 2 is 1.84 bits per heavy atom. The normalized spacial score (nSPS) is 14.5. The minimum absolute atomic E-state index is 0.0886. The van der Waals surface area contributed by atoms with Gasteiger partial charge in [0.15, 0.2) is 5.43 Å². The van der Waals surface area contributed by atoms with E-state index in [9.17, 15) is 35.5 Å². The number of fused-ring (bicyclic) bond motifs is 4. The van der Waals surface area contributed by atoms with E-state index < -0.39 is 37.9 Å². The van der Waals surface area contributed by atoms with Gasteiger partial charge in [0.05, 0.1) is 28.1 Å². The summed E-state index contributed by atoms with van der Waals surface area (Å²) in [5, 5.41) is 9.78. The summed E-state index contributed by atoms with van der Waals surface area (Å²) >= 11 is 0. The molecular weight excluding hydrogens is 512 g/mol. The molecule has 37 heavy (non-hydrogen) atoms. The number of pyridine rings is 2. The zero-order valence-electron chi connectivity index (χ0n) is 18.6. The number of aromatic amines is 1. The number of hydrogen-bond donors (Lipinski definition) is 1. The molecule has 3 heterocycles. The lowest BCUT2D eigenvalue weighted by atomic mass is 9.97. The van der Waals surface area contributed by atoms with Crippen molar-refractivity contribution in [3.05, 3.63) is 70.1 Å². The van der Waals surface area contributed by atoms with Crippen LogP contribution in [0.2, 0.25) is 0 Å². The van der Waals surface area contributed by atoms with Crippen molar-refractivity contribution in [2.24, 2.45) is 0 Å². The Bertz CT molecular complexity index is 2000. The van der Waals surface area contributed by atoms with Crippen molar-refractivity contribution in [1.29, 1.82) is 5.26 Å². The number of nitrogens with zero attached hydrogens (tertiary/aromatic N) is 3. The Labute approximate surface area is 205 Å². The quantitative estimate of drug-likeness (QED) is 0.244. The maximum atomic E-state index is 14.2. The number of rotatable bonds is 3. The Hall–Kier alpha value is -4.24. The monoisotopic (exact) mass is 526 g/mol. The summed E-state index contributed by atoms with van der Waals surface area (Å²) in [6, 6.07) is 9.33. The van der Waals surface area contributed by atoms with Gasteiger partial charge in [0, 0.05) is 40.3 Å². The lowest BCUT2D eigenvalue weighted by Gasteiger charge is -2.18. The summed E-state index contributed by atoms with van der Waals surface area (Å²) in [6.07, 6.45) is -1.73. The standard InChI is InChI=1S/C25H14F4N4O3S/c26-25(27,28)19-7-18-21(8-17(19)13-6-15(11-31-10-13)37(29,35)36)33(14-2-3-14)24-22(23(18)34)16-4-1-12(9-30)5-20(16)32-24/h1,4-8,10-11,14,32H,2-3H2. The van der Waals surface area contributed by atoms with E-state index in [0.717, 1.165) is 31.2 Å². The molecule has 0 radical (unpaired) electrons. The molecule has 12 heteroatoms. The van der Waals surface area contributed by atoms with Gasteiger partial charge < -0.3 is 9.55 Å². The van der Waals surface area contributed by atoms with Crippen molar-refractivity contribution in [2.45, 2.75) is 30.0 Å². The fraction of sp³-hybridized carbons (Fsp3) is 0.160. The van der Waals surface area contributed by atoms with Crippen molar-refractivity contribution in [3.63, 3.8) is 0 Å². The van der Waals surface area contributed by atoms with Crippen molar-refractivity contribution < 1.29 is 25.5 Å². The average molecular weight is 526 g/mol. The van der Waals surface area contributed by atoms with Crippen LogP contribution in [0.4, 0.5) is 17.1 Å². The molecule has 1 saturated carbocycles. The molecule has 0 spiro atoms. The fourth-order valence-corrected chi connectivity index (χ4v) is 5.23. The van der Waals surface area contributed by atoms with Gasteiger partial charge >= 0.3 is 16.4 Å². The zero-order valence-corrected chi connectivity index (χ0v) is 19.4. The Kier molecular flexibility index (Phi) is 4.78. The lowest BCUT2D eigenvalue weighted by Crippen LogP contribution is -2.14. The predicted molar refractivity (Wildman–Crippen MR) is 127 cm³/mol. The van der Waals surface area contributed by atoms with Crippen molar-refractivity contribution >= 4 is 43.1 Å². The van der Waals surface area contributed by atoms with Gasteiger partial charge in [-0.3, -0.25) is 9.78 Å². The molecule has 0 unspecified atom stereocenters. The first-order valence-electron chi connectivity index (χ1n) is 11.0. The highest BCUT2D eigenvalue weighted by Crippen LogP contribution is 2.44. The lowest BCUT2D eigenvalue weighted by molar-refractivity contribution is -0.137. The van der Waals surface area contributed by atoms with Gasteiger partial charge in [0.1, 0.15) is 10.5 Å². The summed E-state index contributed by atoms with van der Waals surface area (Å²) in [6.45, 7) is 0. The van der Waals surface area contributed by atoms with Crippen LogP contribution >= 0.6 is 0 Å². The number of nitriles is 1. The van der Waals surface area contributed by atoms with E-state index >= 15 is 0 Å². The first-order chi connectivity index (χ1) is 17.5. The number of benzene rings is 2. The Balaban J connectivity index is 1.77. The number of H-pyrrole nitrogens is 1. The molecule has 5 aromatic rings. The molecule has 1 N–H and O–H groups in total. The highest BCUT2D eigenvalue weighted by molar-refractivity contribution is 7.86. The molecule has 0 atom stereocenters. The Morgan fingerprint density at radius 3 is 2.49 bits per heavy atom. The predicted octanol–water partition coefficient (Wildman–Crippen LogP) is 5.58. The molecule has 7 nitrogen and oxygen atoms in total. The van der Waals surface area contributed by atoms with Gasteiger partial charge in [-0.15, -0.1) is 3.89 Å². The highest BCUT2D eigenvalue weighted by Gasteiger charge is 2.36. The largest absolute Gasteiger partial charge is 0.417 e. The van der Waals surface area contributed by atoms with Crippen molar-refractivity contribution in [2.75, 3.05) is 0 Å². The first-order valence-corrected chi connectivity index (χ1v) is 12.4. The maximum Gasteiger partial charge on any atom is 0.417 e. The number of halogens is 4. The van der Waals surface area contributed by atoms with E-state index in [1.165, 1.54) is 12.1 Å². The zero-order chi connectivity index (χ0) is 26.3. The summed E-state index contributed by atoms with van der Waals surface area (Å²) in [4.78, 5) is 19.5. The van der Waals surface area contributed by atoms with Gasteiger partial charge in [0.25, 0.3) is 0 Å². The van der Waals surface area contributed by atoms with Crippen LogP contribution in [0.15, 0.2) is 58.5 Å². The van der Waals surface area contributed by atoms with Crippen molar-refractivity contribution in [1.82, 2.24) is 14.5 Å². The van der Waals surface area contributed by atoms with E-state index in [-0.39, 0.29) is 27.9 Å². The third-order valence-corrected chi connectivity index (χ3v) is 7.33. The van der Waals surface area contributed by atoms with Gasteiger partial charge in [-0.25, -0.2) is 0 Å². The number of hydrogen-bond acceptors (Lipinski definition) is 5. The average Bonchev–Trinajstić information content (AvgIpc) is 3.61. The molecule has 0 saturated heterocycles. The van der Waals surface area contributed by atoms with E-state index in [4.69, 9.17) is 0 Å². The molecule has 1 aliphatic rings. The van der Waals surface area contributed by atoms with Crippen LogP contribution in [0.5, 0.6) is 0 Å². The molecule has 2 aromatic carbocycles. The van der Waals surface area contributed by atoms with Crippen LogP contribution in [-0.4, -0.2) is 23.0 Å². The third kappa shape index (κ3) is 3.65. The van der Waals surface area contributed by atoms with Crippen LogP contribution in [0.1, 0.15) is 30.0 Å². The molecule has 6 rings (SSSR count). The molecule has 1 fully saturated rings. The van der Waals surface area contributed by atoms with Gasteiger partial charge in [-0.2, -0.15) is 26.9 Å². The molecular formula is C25H14F4N4O3S. The van der Waals surface area contributed by atoms with E-state index in [0.29, 0.717) is 28.3 Å². The number of nitrogens with one attached hydrogen (secondary N) is 1. The van der Waals surface area contributed by atoms with Crippen LogP contribution in [0, 0.1) is 11.3 Å². The molecule has 1 aliphatic carbocycles. The minimum Gasteiger partial charge on any atom is -0.340 e. The van der Waals surface area contributed by atoms with E-state index in [1.54, 1.807) is 16.7 Å². The molecule has 0 amide bonds. The second-order valence-electron chi connectivity index (χ2n) is 8.91. The summed E-state index contributed by atoms with van der Waals surface area (Å²) in [5.41, 5.74) is -1.03. The van der Waals surface area contributed by atoms with Gasteiger partial charge in [0.2, 0.25) is 0 Å². The molecule has 3 aromatic heterocycles. The van der Waals surface area contributed by atoms with Gasteiger partial charge in [-0.1, -0.05) is 6.07 Å². The fourth-order valence-electron chi connectivity index (χ4n) is 4.77. The van der Waals surface area contributed by atoms with E-state index in [2.05, 4.69) is 9.97 Å². The summed E-state index contributed by atoms with van der Waals surface area (Å²) in [7, 11) is -5.22. The SMILES string of the molecule is N#Cc1ccc2c(c1)[nH]c1c2c(=O)c2cc(C(F)(F)F)c(-c3cncc(S(=O)(=O)F)c3)cc2n1C1CC1. The Morgan fingerprint density at radius 1 is 1.08 bits per heavy atom. The second-order valence-corrected chi connectivity index (χ2v) is 10.3. The van der Waals surface area contributed by atoms with E-state index in [1.807, 2.05) is 6.07 Å². The summed E-state index contributed by atoms with van der Waals surface area (Å²) < 4.78 is 80.8. The highest BCUT2D eigenvalue weighted by atomic mass is 32.3. The molecule has 0 aliphatic heterocycles. The van der Waals surface area contributed by atoms with Crippen LogP contribution < -0.4 is 5.43 Å². The smallest absolute Gasteiger partial charge is 0.340 e. The second kappa shape index (κ2) is 7.63. The van der Waals surface area contributed by atoms with Gasteiger partial charge in [-0.05, 0) is 48.7 Å². The topological polar surface area (TPSA) is 109 Å². The summed E-state index contributed by atoms with van der Waals surface area (Å²) in [5.74, 6) is 0. The van der Waals surface area contributed by atoms with Crippen LogP contribution in [0.3, 0.4) is 0 Å². The van der Waals surface area contributed by atoms with Crippen LogP contribution in [-0.2, 0) is 16.4 Å².